The lowest BCUT2D eigenvalue weighted by Crippen LogP contribution is -2.37. The van der Waals surface area contributed by atoms with E-state index in [2.05, 4.69) is 22.9 Å². The highest BCUT2D eigenvalue weighted by Gasteiger charge is 2.25. The molecule has 1 aromatic carbocycles. The Hall–Kier alpha value is -1.69. The Bertz CT molecular complexity index is 761. The van der Waals surface area contributed by atoms with Crippen molar-refractivity contribution in [2.45, 2.75) is 25.5 Å². The van der Waals surface area contributed by atoms with Crippen LogP contribution >= 0.6 is 11.3 Å². The number of benzene rings is 1. The predicted molar refractivity (Wildman–Crippen MR) is 91.0 cm³/mol. The highest BCUT2D eigenvalue weighted by molar-refractivity contribution is 7.08. The molecule has 0 spiro atoms. The summed E-state index contributed by atoms with van der Waals surface area (Å²) in [5, 5.41) is 18.0. The van der Waals surface area contributed by atoms with Crippen molar-refractivity contribution in [2.24, 2.45) is 7.05 Å². The Morgan fingerprint density at radius 2 is 2.14 bits per heavy atom. The van der Waals surface area contributed by atoms with E-state index in [0.717, 1.165) is 22.4 Å². The molecule has 0 saturated carbocycles. The molecule has 5 heteroatoms. The standard InChI is InChI=1S/C17H21N3OS/c1-12(18-11-17(2,21)13-8-9-22-10-13)16-19-14-6-4-5-7-15(14)20(16)3/h4-10,12,18,21H,11H2,1-3H3. The number of nitrogens with zero attached hydrogens (tertiary/aromatic N) is 2. The molecule has 116 valence electrons. The van der Waals surface area contributed by atoms with Crippen molar-refractivity contribution >= 4 is 22.4 Å². The summed E-state index contributed by atoms with van der Waals surface area (Å²) in [6.07, 6.45) is 0. The topological polar surface area (TPSA) is 50.1 Å². The van der Waals surface area contributed by atoms with Crippen LogP contribution in [0.25, 0.3) is 11.0 Å². The summed E-state index contributed by atoms with van der Waals surface area (Å²) in [4.78, 5) is 4.70. The van der Waals surface area contributed by atoms with E-state index in [1.165, 1.54) is 0 Å². The molecule has 2 unspecified atom stereocenters. The van der Waals surface area contributed by atoms with Gasteiger partial charge < -0.3 is 15.0 Å². The maximum absolute atomic E-state index is 10.6. The summed E-state index contributed by atoms with van der Waals surface area (Å²) in [7, 11) is 2.03. The average molecular weight is 315 g/mol. The van der Waals surface area contributed by atoms with Crippen molar-refractivity contribution < 1.29 is 5.11 Å². The molecule has 3 aromatic rings. The van der Waals surface area contributed by atoms with Crippen LogP contribution in [0.3, 0.4) is 0 Å². The van der Waals surface area contributed by atoms with Gasteiger partial charge in [-0.1, -0.05) is 12.1 Å². The van der Waals surface area contributed by atoms with Crippen molar-refractivity contribution in [1.82, 2.24) is 14.9 Å². The molecule has 0 amide bonds. The van der Waals surface area contributed by atoms with Crippen LogP contribution in [0.15, 0.2) is 41.1 Å². The number of aromatic nitrogens is 2. The van der Waals surface area contributed by atoms with Gasteiger partial charge in [-0.05, 0) is 48.4 Å². The van der Waals surface area contributed by atoms with Gasteiger partial charge in [0.1, 0.15) is 11.4 Å². The Morgan fingerprint density at radius 3 is 2.82 bits per heavy atom. The van der Waals surface area contributed by atoms with Gasteiger partial charge in [-0.3, -0.25) is 0 Å². The zero-order valence-electron chi connectivity index (χ0n) is 13.1. The quantitative estimate of drug-likeness (QED) is 0.760. The molecular weight excluding hydrogens is 294 g/mol. The van der Waals surface area contributed by atoms with Crippen LogP contribution in [-0.4, -0.2) is 21.2 Å². The van der Waals surface area contributed by atoms with E-state index in [1.54, 1.807) is 11.3 Å². The number of nitrogens with one attached hydrogen (secondary N) is 1. The lowest BCUT2D eigenvalue weighted by Gasteiger charge is -2.25. The van der Waals surface area contributed by atoms with Gasteiger partial charge in [0.05, 0.1) is 17.1 Å². The number of hydrogen-bond acceptors (Lipinski definition) is 4. The lowest BCUT2D eigenvalue weighted by atomic mass is 9.99. The molecule has 0 fully saturated rings. The fourth-order valence-corrected chi connectivity index (χ4v) is 3.45. The molecule has 0 aliphatic rings. The molecule has 2 atom stereocenters. The second-order valence-corrected chi connectivity index (χ2v) is 6.69. The third-order valence-electron chi connectivity index (χ3n) is 4.10. The summed E-state index contributed by atoms with van der Waals surface area (Å²) < 4.78 is 2.10. The fourth-order valence-electron chi connectivity index (χ4n) is 2.67. The molecule has 0 bridgehead atoms. The van der Waals surface area contributed by atoms with Crippen molar-refractivity contribution in [1.29, 1.82) is 0 Å². The first-order chi connectivity index (χ1) is 10.5. The molecule has 2 heterocycles. The molecule has 0 saturated heterocycles. The minimum atomic E-state index is -0.876. The number of fused-ring (bicyclic) bond motifs is 1. The Balaban J connectivity index is 1.76. The Kier molecular flexibility index (Phi) is 4.04. The SMILES string of the molecule is CC(NCC(C)(O)c1ccsc1)c1nc2ccccc2n1C. The summed E-state index contributed by atoms with van der Waals surface area (Å²) in [5.74, 6) is 0.974. The number of hydrogen-bond donors (Lipinski definition) is 2. The van der Waals surface area contributed by atoms with E-state index in [0.29, 0.717) is 6.54 Å². The third-order valence-corrected chi connectivity index (χ3v) is 4.79. The van der Waals surface area contributed by atoms with Gasteiger partial charge in [0.2, 0.25) is 0 Å². The van der Waals surface area contributed by atoms with Crippen LogP contribution in [0, 0.1) is 0 Å². The van der Waals surface area contributed by atoms with Crippen molar-refractivity contribution in [2.75, 3.05) is 6.54 Å². The van der Waals surface area contributed by atoms with Crippen LogP contribution in [0.5, 0.6) is 0 Å². The van der Waals surface area contributed by atoms with Crippen LogP contribution < -0.4 is 5.32 Å². The Morgan fingerprint density at radius 1 is 1.36 bits per heavy atom. The van der Waals surface area contributed by atoms with Gasteiger partial charge in [0.15, 0.2) is 0 Å². The number of aryl methyl sites for hydroxylation is 1. The average Bonchev–Trinajstić information content (AvgIpc) is 3.14. The van der Waals surface area contributed by atoms with E-state index < -0.39 is 5.60 Å². The monoisotopic (exact) mass is 315 g/mol. The molecule has 2 N–H and O–H groups in total. The zero-order valence-corrected chi connectivity index (χ0v) is 13.9. The van der Waals surface area contributed by atoms with E-state index in [-0.39, 0.29) is 6.04 Å². The second kappa shape index (κ2) is 5.83. The van der Waals surface area contributed by atoms with Crippen molar-refractivity contribution in [3.63, 3.8) is 0 Å². The maximum Gasteiger partial charge on any atom is 0.126 e. The summed E-state index contributed by atoms with van der Waals surface area (Å²) in [6.45, 7) is 4.39. The van der Waals surface area contributed by atoms with Crippen LogP contribution in [0.1, 0.15) is 31.3 Å². The number of thiophene rings is 1. The van der Waals surface area contributed by atoms with Crippen molar-refractivity contribution in [3.8, 4) is 0 Å². The lowest BCUT2D eigenvalue weighted by molar-refractivity contribution is 0.0544. The second-order valence-electron chi connectivity index (χ2n) is 5.91. The maximum atomic E-state index is 10.6. The minimum Gasteiger partial charge on any atom is -0.384 e. The first-order valence-corrected chi connectivity index (χ1v) is 8.33. The Labute approximate surface area is 134 Å². The largest absolute Gasteiger partial charge is 0.384 e. The predicted octanol–water partition coefficient (Wildman–Crippen LogP) is 3.19. The van der Waals surface area contributed by atoms with Crippen LogP contribution in [-0.2, 0) is 12.6 Å². The molecular formula is C17H21N3OS. The minimum absolute atomic E-state index is 0.0579. The molecule has 0 aliphatic carbocycles. The normalized spacial score (nSPS) is 15.8. The highest BCUT2D eigenvalue weighted by Crippen LogP contribution is 2.24. The van der Waals surface area contributed by atoms with Gasteiger partial charge in [-0.25, -0.2) is 4.98 Å². The molecule has 0 radical (unpaired) electrons. The molecule has 4 nitrogen and oxygen atoms in total. The molecule has 3 rings (SSSR count). The van der Waals surface area contributed by atoms with Crippen molar-refractivity contribution in [3.05, 3.63) is 52.5 Å². The number of aliphatic hydroxyl groups is 1. The van der Waals surface area contributed by atoms with Gasteiger partial charge >= 0.3 is 0 Å². The van der Waals surface area contributed by atoms with Gasteiger partial charge in [-0.15, -0.1) is 0 Å². The number of para-hydroxylation sites is 2. The summed E-state index contributed by atoms with van der Waals surface area (Å²) >= 11 is 1.60. The summed E-state index contributed by atoms with van der Waals surface area (Å²) in [6, 6.07) is 10.1. The molecule has 0 aliphatic heterocycles. The zero-order chi connectivity index (χ0) is 15.7. The number of imidazole rings is 1. The van der Waals surface area contributed by atoms with Crippen LogP contribution in [0.4, 0.5) is 0 Å². The van der Waals surface area contributed by atoms with E-state index >= 15 is 0 Å². The molecule has 2 aromatic heterocycles. The third kappa shape index (κ3) is 2.79. The first kappa shape index (κ1) is 15.2. The fraction of sp³-hybridized carbons (Fsp3) is 0.353. The van der Waals surface area contributed by atoms with Gasteiger partial charge in [0, 0.05) is 13.6 Å². The highest BCUT2D eigenvalue weighted by atomic mass is 32.1. The van der Waals surface area contributed by atoms with Crippen LogP contribution in [0.2, 0.25) is 0 Å². The van der Waals surface area contributed by atoms with E-state index in [9.17, 15) is 5.11 Å². The molecule has 22 heavy (non-hydrogen) atoms. The number of rotatable bonds is 5. The van der Waals surface area contributed by atoms with Gasteiger partial charge in [0.25, 0.3) is 0 Å². The summed E-state index contributed by atoms with van der Waals surface area (Å²) in [5.41, 5.74) is 2.19. The first-order valence-electron chi connectivity index (χ1n) is 7.39. The van der Waals surface area contributed by atoms with E-state index in [1.807, 2.05) is 49.0 Å². The smallest absolute Gasteiger partial charge is 0.126 e. The van der Waals surface area contributed by atoms with E-state index in [4.69, 9.17) is 4.98 Å². The van der Waals surface area contributed by atoms with Gasteiger partial charge in [-0.2, -0.15) is 11.3 Å².